The maximum absolute atomic E-state index is 5.78. The number of nitrogens with zero attached hydrogens (tertiary/aromatic N) is 1. The molecule has 1 fully saturated rings. The summed E-state index contributed by atoms with van der Waals surface area (Å²) in [6, 6.07) is 7.43. The van der Waals surface area contributed by atoms with Crippen molar-refractivity contribution < 1.29 is 4.74 Å². The van der Waals surface area contributed by atoms with Gasteiger partial charge in [-0.15, -0.1) is 0 Å². The van der Waals surface area contributed by atoms with Crippen LogP contribution in [-0.2, 0) is 11.2 Å². The molecule has 0 bridgehead atoms. The van der Waals surface area contributed by atoms with Gasteiger partial charge in [0.25, 0.3) is 0 Å². The molecule has 3 heteroatoms. The SMILES string of the molecule is CN1CCCC1Cc1c[nH]c2ccc(C3CCC=CO3)cc12. The van der Waals surface area contributed by atoms with E-state index >= 15 is 0 Å². The predicted molar refractivity (Wildman–Crippen MR) is 89.9 cm³/mol. The second kappa shape index (κ2) is 5.81. The number of likely N-dealkylation sites (N-methyl/N-ethyl adjacent to an activating group) is 1. The minimum atomic E-state index is 0.214. The molecule has 2 aliphatic heterocycles. The molecule has 0 amide bonds. The number of nitrogens with one attached hydrogen (secondary N) is 1. The van der Waals surface area contributed by atoms with Crippen LogP contribution in [0.25, 0.3) is 10.9 Å². The quantitative estimate of drug-likeness (QED) is 0.920. The fraction of sp³-hybridized carbons (Fsp3) is 0.474. The zero-order chi connectivity index (χ0) is 14.9. The molecule has 1 N–H and O–H groups in total. The van der Waals surface area contributed by atoms with Gasteiger partial charge >= 0.3 is 0 Å². The Bertz CT molecular complexity index is 688. The highest BCUT2D eigenvalue weighted by atomic mass is 16.5. The topological polar surface area (TPSA) is 28.3 Å². The molecule has 4 rings (SSSR count). The number of ether oxygens (including phenoxy) is 1. The Kier molecular flexibility index (Phi) is 3.67. The van der Waals surface area contributed by atoms with Crippen LogP contribution in [0.15, 0.2) is 36.7 Å². The molecule has 0 aliphatic carbocycles. The number of hydrogen-bond donors (Lipinski definition) is 1. The summed E-state index contributed by atoms with van der Waals surface area (Å²) in [5.74, 6) is 0. The summed E-state index contributed by atoms with van der Waals surface area (Å²) in [5.41, 5.74) is 3.99. The van der Waals surface area contributed by atoms with Gasteiger partial charge in [-0.25, -0.2) is 0 Å². The normalized spacial score (nSPS) is 25.7. The highest BCUT2D eigenvalue weighted by molar-refractivity contribution is 5.84. The fourth-order valence-corrected chi connectivity index (χ4v) is 3.84. The van der Waals surface area contributed by atoms with Crippen LogP contribution >= 0.6 is 0 Å². The number of aromatic nitrogens is 1. The summed E-state index contributed by atoms with van der Waals surface area (Å²) < 4.78 is 5.78. The number of fused-ring (bicyclic) bond motifs is 1. The Labute approximate surface area is 132 Å². The fourth-order valence-electron chi connectivity index (χ4n) is 3.84. The molecule has 0 saturated carbocycles. The first-order valence-corrected chi connectivity index (χ1v) is 8.42. The van der Waals surface area contributed by atoms with Gasteiger partial charge in [-0.05, 0) is 75.0 Å². The smallest absolute Gasteiger partial charge is 0.123 e. The van der Waals surface area contributed by atoms with Crippen molar-refractivity contribution in [3.63, 3.8) is 0 Å². The first-order valence-electron chi connectivity index (χ1n) is 8.42. The van der Waals surface area contributed by atoms with Gasteiger partial charge in [-0.2, -0.15) is 0 Å². The maximum Gasteiger partial charge on any atom is 0.123 e. The van der Waals surface area contributed by atoms with E-state index in [0.29, 0.717) is 6.04 Å². The Morgan fingerprint density at radius 3 is 3.05 bits per heavy atom. The largest absolute Gasteiger partial charge is 0.494 e. The lowest BCUT2D eigenvalue weighted by Crippen LogP contribution is -2.26. The maximum atomic E-state index is 5.78. The van der Waals surface area contributed by atoms with E-state index in [1.165, 1.54) is 41.4 Å². The number of likely N-dealkylation sites (tertiary alicyclic amines) is 1. The molecule has 116 valence electrons. The van der Waals surface area contributed by atoms with Gasteiger partial charge < -0.3 is 14.6 Å². The van der Waals surface area contributed by atoms with Crippen LogP contribution in [0.3, 0.4) is 0 Å². The Morgan fingerprint density at radius 2 is 2.27 bits per heavy atom. The Balaban J connectivity index is 1.63. The molecule has 0 spiro atoms. The summed E-state index contributed by atoms with van der Waals surface area (Å²) in [4.78, 5) is 5.93. The van der Waals surface area contributed by atoms with Crippen molar-refractivity contribution in [1.29, 1.82) is 0 Å². The van der Waals surface area contributed by atoms with E-state index in [2.05, 4.69) is 47.4 Å². The molecule has 2 atom stereocenters. The zero-order valence-electron chi connectivity index (χ0n) is 13.2. The summed E-state index contributed by atoms with van der Waals surface area (Å²) in [7, 11) is 2.25. The molecule has 1 aromatic heterocycles. The van der Waals surface area contributed by atoms with Gasteiger partial charge in [-0.1, -0.05) is 6.07 Å². The molecule has 3 heterocycles. The monoisotopic (exact) mass is 296 g/mol. The highest BCUT2D eigenvalue weighted by Gasteiger charge is 2.22. The van der Waals surface area contributed by atoms with Crippen LogP contribution in [-0.4, -0.2) is 29.5 Å². The number of benzene rings is 1. The summed E-state index contributed by atoms with van der Waals surface area (Å²) >= 11 is 0. The molecule has 0 radical (unpaired) electrons. The number of hydrogen-bond acceptors (Lipinski definition) is 2. The van der Waals surface area contributed by atoms with Crippen LogP contribution in [0.2, 0.25) is 0 Å². The van der Waals surface area contributed by atoms with Crippen LogP contribution in [0, 0.1) is 0 Å². The van der Waals surface area contributed by atoms with E-state index in [1.54, 1.807) is 0 Å². The first-order chi connectivity index (χ1) is 10.8. The van der Waals surface area contributed by atoms with Crippen molar-refractivity contribution in [2.24, 2.45) is 0 Å². The Morgan fingerprint density at radius 1 is 1.32 bits per heavy atom. The van der Waals surface area contributed by atoms with E-state index in [4.69, 9.17) is 4.74 Å². The second-order valence-electron chi connectivity index (χ2n) is 6.67. The first kappa shape index (κ1) is 13.9. The van der Waals surface area contributed by atoms with Crippen LogP contribution < -0.4 is 0 Å². The van der Waals surface area contributed by atoms with E-state index in [0.717, 1.165) is 19.3 Å². The van der Waals surface area contributed by atoms with Crippen molar-refractivity contribution in [3.8, 4) is 0 Å². The standard InChI is InChI=1S/C19H24N2O/c1-21-9-4-5-16(21)11-15-13-20-18-8-7-14(12-17(15)18)19-6-2-3-10-22-19/h3,7-8,10,12-13,16,19-20H,2,4-6,9,11H2,1H3. The molecule has 2 aromatic rings. The lowest BCUT2D eigenvalue weighted by molar-refractivity contribution is 0.125. The van der Waals surface area contributed by atoms with E-state index < -0.39 is 0 Å². The van der Waals surface area contributed by atoms with E-state index in [9.17, 15) is 0 Å². The lowest BCUT2D eigenvalue weighted by Gasteiger charge is -2.20. The average molecular weight is 296 g/mol. The van der Waals surface area contributed by atoms with Crippen LogP contribution in [0.1, 0.15) is 42.9 Å². The minimum absolute atomic E-state index is 0.214. The van der Waals surface area contributed by atoms with Gasteiger partial charge in [0.05, 0.1) is 6.26 Å². The van der Waals surface area contributed by atoms with Crippen molar-refractivity contribution in [2.45, 2.75) is 44.2 Å². The molecule has 1 aromatic carbocycles. The lowest BCUT2D eigenvalue weighted by atomic mass is 9.98. The van der Waals surface area contributed by atoms with Gasteiger partial charge in [0.15, 0.2) is 0 Å². The highest BCUT2D eigenvalue weighted by Crippen LogP contribution is 2.31. The second-order valence-corrected chi connectivity index (χ2v) is 6.67. The molecular weight excluding hydrogens is 272 g/mol. The van der Waals surface area contributed by atoms with Crippen LogP contribution in [0.5, 0.6) is 0 Å². The minimum Gasteiger partial charge on any atom is -0.494 e. The summed E-state index contributed by atoms with van der Waals surface area (Å²) in [6.07, 6.45) is 12.3. The third-order valence-corrected chi connectivity index (χ3v) is 5.22. The van der Waals surface area contributed by atoms with Gasteiger partial charge in [0.1, 0.15) is 6.10 Å². The Hall–Kier alpha value is -1.74. The molecule has 3 nitrogen and oxygen atoms in total. The van der Waals surface area contributed by atoms with Crippen molar-refractivity contribution in [1.82, 2.24) is 9.88 Å². The van der Waals surface area contributed by atoms with E-state index in [1.807, 2.05) is 6.26 Å². The van der Waals surface area contributed by atoms with Crippen molar-refractivity contribution in [3.05, 3.63) is 47.9 Å². The molecule has 2 aliphatic rings. The third-order valence-electron chi connectivity index (χ3n) is 5.22. The van der Waals surface area contributed by atoms with Crippen molar-refractivity contribution >= 4 is 10.9 Å². The van der Waals surface area contributed by atoms with Crippen LogP contribution in [0.4, 0.5) is 0 Å². The van der Waals surface area contributed by atoms with Gasteiger partial charge in [0, 0.05) is 23.1 Å². The number of allylic oxidation sites excluding steroid dienone is 1. The molecule has 22 heavy (non-hydrogen) atoms. The van der Waals surface area contributed by atoms with Gasteiger partial charge in [-0.3, -0.25) is 0 Å². The molecule has 1 saturated heterocycles. The number of H-pyrrole nitrogens is 1. The average Bonchev–Trinajstić information content (AvgIpc) is 3.15. The predicted octanol–water partition coefficient (Wildman–Crippen LogP) is 4.17. The summed E-state index contributed by atoms with van der Waals surface area (Å²) in [5, 5.41) is 1.37. The van der Waals surface area contributed by atoms with Crippen molar-refractivity contribution in [2.75, 3.05) is 13.6 Å². The van der Waals surface area contributed by atoms with E-state index in [-0.39, 0.29) is 6.10 Å². The number of aromatic amines is 1. The van der Waals surface area contributed by atoms with Gasteiger partial charge in [0.2, 0.25) is 0 Å². The molecule has 2 unspecified atom stereocenters. The number of rotatable bonds is 3. The third kappa shape index (κ3) is 2.54. The molecular formula is C19H24N2O. The summed E-state index contributed by atoms with van der Waals surface area (Å²) in [6.45, 7) is 1.24. The zero-order valence-corrected chi connectivity index (χ0v) is 13.2.